The molecular weight excluding hydrogens is 267 g/mol. The van der Waals surface area contributed by atoms with Gasteiger partial charge in [-0.3, -0.25) is 4.79 Å². The van der Waals surface area contributed by atoms with E-state index >= 15 is 0 Å². The highest BCUT2D eigenvalue weighted by Crippen LogP contribution is 2.25. The van der Waals surface area contributed by atoms with Crippen LogP contribution in [0.4, 0.5) is 4.39 Å². The van der Waals surface area contributed by atoms with Crippen LogP contribution in [0.3, 0.4) is 0 Å². The molecule has 1 aromatic carbocycles. The molecule has 3 N–H and O–H groups in total. The highest BCUT2D eigenvalue weighted by Gasteiger charge is 2.18. The molecule has 0 fully saturated rings. The Morgan fingerprint density at radius 2 is 1.81 bits per heavy atom. The van der Waals surface area contributed by atoms with Crippen LogP contribution in [0.2, 0.25) is 0 Å². The van der Waals surface area contributed by atoms with Gasteiger partial charge >= 0.3 is 0 Å². The lowest BCUT2D eigenvalue weighted by molar-refractivity contribution is -0.121. The molecule has 0 aliphatic carbocycles. The SMILES string of the molecule is Cc1cc(CNC(=O)CCC(C)(C)CCN)cc(C)c1F. The Bertz CT molecular complexity index is 475. The quantitative estimate of drug-likeness (QED) is 0.811. The summed E-state index contributed by atoms with van der Waals surface area (Å²) in [5, 5.41) is 2.89. The smallest absolute Gasteiger partial charge is 0.220 e. The number of benzene rings is 1. The maximum absolute atomic E-state index is 13.5. The number of rotatable bonds is 7. The minimum Gasteiger partial charge on any atom is -0.352 e. The molecule has 0 aromatic heterocycles. The van der Waals surface area contributed by atoms with Gasteiger partial charge in [0.1, 0.15) is 5.82 Å². The van der Waals surface area contributed by atoms with Crippen LogP contribution in [0.25, 0.3) is 0 Å². The summed E-state index contributed by atoms with van der Waals surface area (Å²) in [5.74, 6) is -0.145. The summed E-state index contributed by atoms with van der Waals surface area (Å²) in [6.07, 6.45) is 2.22. The second-order valence-electron chi connectivity index (χ2n) is 6.52. The monoisotopic (exact) mass is 294 g/mol. The van der Waals surface area contributed by atoms with Crippen LogP contribution in [-0.2, 0) is 11.3 Å². The molecule has 0 atom stereocenters. The van der Waals surface area contributed by atoms with Gasteiger partial charge in [-0.25, -0.2) is 4.39 Å². The minimum absolute atomic E-state index is 0.0275. The van der Waals surface area contributed by atoms with Gasteiger partial charge < -0.3 is 11.1 Å². The Morgan fingerprint density at radius 1 is 1.24 bits per heavy atom. The molecular formula is C17H27FN2O. The fourth-order valence-electron chi connectivity index (χ4n) is 2.39. The van der Waals surface area contributed by atoms with Gasteiger partial charge in [0.25, 0.3) is 0 Å². The lowest BCUT2D eigenvalue weighted by Crippen LogP contribution is -2.25. The summed E-state index contributed by atoms with van der Waals surface area (Å²) in [6, 6.07) is 3.56. The number of carbonyl (C=O) groups excluding carboxylic acids is 1. The van der Waals surface area contributed by atoms with Crippen molar-refractivity contribution >= 4 is 5.91 Å². The lowest BCUT2D eigenvalue weighted by atomic mass is 9.84. The molecule has 21 heavy (non-hydrogen) atoms. The molecule has 0 spiro atoms. The number of aryl methyl sites for hydroxylation is 2. The fraction of sp³-hybridized carbons (Fsp3) is 0.588. The lowest BCUT2D eigenvalue weighted by Gasteiger charge is -2.23. The van der Waals surface area contributed by atoms with Crippen molar-refractivity contribution in [1.29, 1.82) is 0 Å². The number of hydrogen-bond acceptors (Lipinski definition) is 2. The number of nitrogens with two attached hydrogens (primary N) is 1. The maximum Gasteiger partial charge on any atom is 0.220 e. The molecule has 0 bridgehead atoms. The van der Waals surface area contributed by atoms with E-state index in [0.29, 0.717) is 30.6 Å². The number of halogens is 1. The van der Waals surface area contributed by atoms with Crippen LogP contribution >= 0.6 is 0 Å². The highest BCUT2D eigenvalue weighted by atomic mass is 19.1. The first kappa shape index (κ1) is 17.6. The van der Waals surface area contributed by atoms with Gasteiger partial charge in [-0.15, -0.1) is 0 Å². The van der Waals surface area contributed by atoms with Crippen LogP contribution in [0.15, 0.2) is 12.1 Å². The van der Waals surface area contributed by atoms with E-state index in [9.17, 15) is 9.18 Å². The van der Waals surface area contributed by atoms with Crippen molar-refractivity contribution in [3.05, 3.63) is 34.6 Å². The first-order chi connectivity index (χ1) is 9.75. The summed E-state index contributed by atoms with van der Waals surface area (Å²) in [7, 11) is 0. The minimum atomic E-state index is -0.173. The Kier molecular flexibility index (Phi) is 6.34. The van der Waals surface area contributed by atoms with Crippen molar-refractivity contribution in [1.82, 2.24) is 5.32 Å². The van der Waals surface area contributed by atoms with E-state index in [1.807, 2.05) is 0 Å². The summed E-state index contributed by atoms with van der Waals surface area (Å²) in [6.45, 7) is 8.81. The molecule has 118 valence electrons. The molecule has 0 radical (unpaired) electrons. The first-order valence-electron chi connectivity index (χ1n) is 7.47. The van der Waals surface area contributed by atoms with Crippen LogP contribution < -0.4 is 11.1 Å². The van der Waals surface area contributed by atoms with E-state index in [0.717, 1.165) is 18.4 Å². The van der Waals surface area contributed by atoms with Gasteiger partial charge in [0.05, 0.1) is 0 Å². The van der Waals surface area contributed by atoms with Crippen molar-refractivity contribution in [2.45, 2.75) is 53.5 Å². The topological polar surface area (TPSA) is 55.1 Å². The Morgan fingerprint density at radius 3 is 2.33 bits per heavy atom. The average molecular weight is 294 g/mol. The largest absolute Gasteiger partial charge is 0.352 e. The molecule has 1 amide bonds. The van der Waals surface area contributed by atoms with Crippen molar-refractivity contribution in [2.24, 2.45) is 11.1 Å². The molecule has 4 heteroatoms. The van der Waals surface area contributed by atoms with Crippen molar-refractivity contribution in [3.63, 3.8) is 0 Å². The molecule has 0 aliphatic rings. The molecule has 0 saturated carbocycles. The van der Waals surface area contributed by atoms with Gasteiger partial charge in [-0.2, -0.15) is 0 Å². The van der Waals surface area contributed by atoms with Crippen LogP contribution in [-0.4, -0.2) is 12.5 Å². The number of nitrogens with one attached hydrogen (secondary N) is 1. The van der Waals surface area contributed by atoms with E-state index in [-0.39, 0.29) is 17.1 Å². The molecule has 3 nitrogen and oxygen atoms in total. The fourth-order valence-corrected chi connectivity index (χ4v) is 2.39. The van der Waals surface area contributed by atoms with E-state index in [4.69, 9.17) is 5.73 Å². The Hall–Kier alpha value is -1.42. The molecule has 1 aromatic rings. The van der Waals surface area contributed by atoms with E-state index in [1.54, 1.807) is 26.0 Å². The van der Waals surface area contributed by atoms with Crippen molar-refractivity contribution < 1.29 is 9.18 Å². The zero-order chi connectivity index (χ0) is 16.0. The van der Waals surface area contributed by atoms with E-state index in [1.165, 1.54) is 0 Å². The molecule has 1 rings (SSSR count). The predicted octanol–water partition coefficient (Wildman–Crippen LogP) is 3.21. The predicted molar refractivity (Wildman–Crippen MR) is 84.4 cm³/mol. The van der Waals surface area contributed by atoms with Gasteiger partial charge in [-0.1, -0.05) is 26.0 Å². The second-order valence-corrected chi connectivity index (χ2v) is 6.52. The third kappa shape index (κ3) is 5.84. The van der Waals surface area contributed by atoms with Crippen LogP contribution in [0, 0.1) is 25.1 Å². The summed E-state index contributed by atoms with van der Waals surface area (Å²) in [5.41, 5.74) is 7.82. The van der Waals surface area contributed by atoms with Crippen molar-refractivity contribution in [2.75, 3.05) is 6.54 Å². The number of carbonyl (C=O) groups is 1. The molecule has 0 aliphatic heterocycles. The second kappa shape index (κ2) is 7.55. The molecule has 0 unspecified atom stereocenters. The summed E-state index contributed by atoms with van der Waals surface area (Å²) >= 11 is 0. The number of amides is 1. The van der Waals surface area contributed by atoms with Gasteiger partial charge in [-0.05, 0) is 55.3 Å². The van der Waals surface area contributed by atoms with Crippen LogP contribution in [0.1, 0.15) is 49.8 Å². The number of hydrogen-bond donors (Lipinski definition) is 2. The van der Waals surface area contributed by atoms with Crippen LogP contribution in [0.5, 0.6) is 0 Å². The third-order valence-electron chi connectivity index (χ3n) is 3.84. The van der Waals surface area contributed by atoms with E-state index < -0.39 is 0 Å². The Labute approximate surface area is 127 Å². The van der Waals surface area contributed by atoms with Gasteiger partial charge in [0, 0.05) is 13.0 Å². The highest BCUT2D eigenvalue weighted by molar-refractivity contribution is 5.75. The van der Waals surface area contributed by atoms with E-state index in [2.05, 4.69) is 19.2 Å². The standard InChI is InChI=1S/C17H27FN2O/c1-12-9-14(10-13(2)16(12)18)11-20-15(21)5-6-17(3,4)7-8-19/h9-10H,5-8,11,19H2,1-4H3,(H,20,21). The third-order valence-corrected chi connectivity index (χ3v) is 3.84. The average Bonchev–Trinajstić information content (AvgIpc) is 2.40. The zero-order valence-corrected chi connectivity index (χ0v) is 13.6. The summed E-state index contributed by atoms with van der Waals surface area (Å²) < 4.78 is 13.5. The van der Waals surface area contributed by atoms with Gasteiger partial charge in [0.2, 0.25) is 5.91 Å². The van der Waals surface area contributed by atoms with Crippen molar-refractivity contribution in [3.8, 4) is 0 Å². The first-order valence-corrected chi connectivity index (χ1v) is 7.47. The normalized spacial score (nSPS) is 11.5. The zero-order valence-electron chi connectivity index (χ0n) is 13.6. The maximum atomic E-state index is 13.5. The molecule has 0 heterocycles. The molecule has 0 saturated heterocycles. The Balaban J connectivity index is 2.47. The summed E-state index contributed by atoms with van der Waals surface area (Å²) in [4.78, 5) is 11.9. The van der Waals surface area contributed by atoms with Gasteiger partial charge in [0.15, 0.2) is 0 Å².